The molecule has 2 saturated heterocycles. The molecule has 1 aromatic heterocycles. The SMILES string of the molecule is CS(=O)(=O)c1cnc(N2CCC(CC(=O)N3CC4CCC3C4)CC2)c(NC(=O)c2cccc(Cl)c2)c1. The van der Waals surface area contributed by atoms with Gasteiger partial charge in [0.05, 0.1) is 10.6 Å². The Kier molecular flexibility index (Phi) is 6.96. The largest absolute Gasteiger partial charge is 0.355 e. The number of aromatic nitrogens is 1. The van der Waals surface area contributed by atoms with Crippen molar-refractivity contribution < 1.29 is 18.0 Å². The number of benzene rings is 1. The fraction of sp³-hybridized carbons (Fsp3) is 0.500. The molecule has 8 nitrogen and oxygen atoms in total. The van der Waals surface area contributed by atoms with Crippen molar-refractivity contribution in [3.8, 4) is 0 Å². The number of carbonyl (C=O) groups excluding carboxylic acids is 2. The molecule has 10 heteroatoms. The molecule has 2 amide bonds. The number of pyridine rings is 1. The molecule has 1 saturated carbocycles. The number of hydrogen-bond acceptors (Lipinski definition) is 6. The number of piperidine rings is 2. The van der Waals surface area contributed by atoms with Crippen molar-refractivity contribution in [2.75, 3.05) is 36.1 Å². The number of amides is 2. The van der Waals surface area contributed by atoms with Crippen LogP contribution in [-0.2, 0) is 14.6 Å². The Morgan fingerprint density at radius 1 is 1.14 bits per heavy atom. The number of rotatable bonds is 6. The first-order valence-electron chi connectivity index (χ1n) is 12.5. The van der Waals surface area contributed by atoms with E-state index in [0.29, 0.717) is 59.5 Å². The summed E-state index contributed by atoms with van der Waals surface area (Å²) in [5, 5.41) is 3.27. The van der Waals surface area contributed by atoms with Gasteiger partial charge in [0.1, 0.15) is 0 Å². The van der Waals surface area contributed by atoms with Crippen LogP contribution in [0, 0.1) is 11.8 Å². The van der Waals surface area contributed by atoms with Crippen molar-refractivity contribution in [2.45, 2.75) is 49.5 Å². The minimum atomic E-state index is -3.51. The van der Waals surface area contributed by atoms with Crippen LogP contribution in [0.5, 0.6) is 0 Å². The van der Waals surface area contributed by atoms with Gasteiger partial charge in [0.2, 0.25) is 5.91 Å². The first kappa shape index (κ1) is 25.0. The Labute approximate surface area is 216 Å². The first-order valence-corrected chi connectivity index (χ1v) is 14.8. The van der Waals surface area contributed by atoms with E-state index in [1.165, 1.54) is 25.1 Å². The standard InChI is InChI=1S/C26H31ClN4O4S/c1-36(34,35)22-14-23(29-26(33)19-3-2-4-20(27)13-19)25(28-15-22)30-9-7-17(8-10-30)12-24(32)31-16-18-5-6-21(31)11-18/h2-4,13-15,17-18,21H,5-12,16H2,1H3,(H,29,33). The van der Waals surface area contributed by atoms with E-state index in [-0.39, 0.29) is 10.8 Å². The van der Waals surface area contributed by atoms with Gasteiger partial charge in [-0.25, -0.2) is 13.4 Å². The summed E-state index contributed by atoms with van der Waals surface area (Å²) in [6.07, 6.45) is 8.27. The Bertz CT molecular complexity index is 1280. The Morgan fingerprint density at radius 2 is 1.92 bits per heavy atom. The molecule has 2 unspecified atom stereocenters. The molecule has 2 atom stereocenters. The van der Waals surface area contributed by atoms with E-state index in [0.717, 1.165) is 32.1 Å². The van der Waals surface area contributed by atoms with Crippen molar-refractivity contribution in [1.82, 2.24) is 9.88 Å². The van der Waals surface area contributed by atoms with Gasteiger partial charge in [-0.2, -0.15) is 0 Å². The quantitative estimate of drug-likeness (QED) is 0.606. The van der Waals surface area contributed by atoms with Gasteiger partial charge in [0.25, 0.3) is 5.91 Å². The van der Waals surface area contributed by atoms with Crippen LogP contribution in [0.4, 0.5) is 11.5 Å². The van der Waals surface area contributed by atoms with Crippen LogP contribution in [0.1, 0.15) is 48.9 Å². The summed E-state index contributed by atoms with van der Waals surface area (Å²) in [5.41, 5.74) is 0.705. The van der Waals surface area contributed by atoms with Gasteiger partial charge in [-0.15, -0.1) is 0 Å². The van der Waals surface area contributed by atoms with Crippen molar-refractivity contribution in [3.63, 3.8) is 0 Å². The summed E-state index contributed by atoms with van der Waals surface area (Å²) in [7, 11) is -3.51. The average molecular weight is 531 g/mol. The molecule has 2 bridgehead atoms. The minimum absolute atomic E-state index is 0.0352. The zero-order valence-corrected chi connectivity index (χ0v) is 21.9. The summed E-state index contributed by atoms with van der Waals surface area (Å²) in [6.45, 7) is 2.28. The van der Waals surface area contributed by atoms with Gasteiger partial charge in [-0.05, 0) is 68.2 Å². The molecule has 5 rings (SSSR count). The van der Waals surface area contributed by atoms with Gasteiger partial charge in [0.15, 0.2) is 15.7 Å². The van der Waals surface area contributed by atoms with Crippen molar-refractivity contribution >= 4 is 44.8 Å². The van der Waals surface area contributed by atoms with Crippen LogP contribution in [0.15, 0.2) is 41.4 Å². The molecular weight excluding hydrogens is 500 g/mol. The lowest BCUT2D eigenvalue weighted by Crippen LogP contribution is -2.40. The van der Waals surface area contributed by atoms with Crippen LogP contribution >= 0.6 is 11.6 Å². The maximum atomic E-state index is 12.9. The molecule has 0 spiro atoms. The zero-order valence-electron chi connectivity index (χ0n) is 20.3. The fourth-order valence-corrected chi connectivity index (χ4v) is 6.52. The second-order valence-corrected chi connectivity index (χ2v) is 12.7. The highest BCUT2D eigenvalue weighted by atomic mass is 35.5. The second kappa shape index (κ2) is 10.0. The van der Waals surface area contributed by atoms with Gasteiger partial charge < -0.3 is 15.1 Å². The summed E-state index contributed by atoms with van der Waals surface area (Å²) >= 11 is 6.03. The molecule has 0 radical (unpaired) electrons. The van der Waals surface area contributed by atoms with Crippen molar-refractivity contribution in [1.29, 1.82) is 0 Å². The monoisotopic (exact) mass is 530 g/mol. The number of fused-ring (bicyclic) bond motifs is 2. The van der Waals surface area contributed by atoms with E-state index in [4.69, 9.17) is 11.6 Å². The molecule has 1 N–H and O–H groups in total. The number of hydrogen-bond donors (Lipinski definition) is 1. The number of nitrogens with one attached hydrogen (secondary N) is 1. The van der Waals surface area contributed by atoms with Gasteiger partial charge >= 0.3 is 0 Å². The lowest BCUT2D eigenvalue weighted by molar-refractivity contribution is -0.134. The molecule has 2 aromatic rings. The van der Waals surface area contributed by atoms with Gasteiger partial charge in [0, 0.05) is 55.1 Å². The van der Waals surface area contributed by atoms with Crippen LogP contribution in [0.3, 0.4) is 0 Å². The normalized spacial score (nSPS) is 22.2. The Morgan fingerprint density at radius 3 is 2.56 bits per heavy atom. The summed E-state index contributed by atoms with van der Waals surface area (Å²) in [4.78, 5) is 34.4. The number of anilines is 2. The highest BCUT2D eigenvalue weighted by molar-refractivity contribution is 7.90. The molecule has 192 valence electrons. The molecule has 36 heavy (non-hydrogen) atoms. The molecule has 3 aliphatic rings. The lowest BCUT2D eigenvalue weighted by atomic mass is 9.92. The van der Waals surface area contributed by atoms with E-state index in [1.807, 2.05) is 0 Å². The zero-order chi connectivity index (χ0) is 25.4. The van der Waals surface area contributed by atoms with Crippen LogP contribution in [0.2, 0.25) is 5.02 Å². The molecule has 1 aromatic carbocycles. The van der Waals surface area contributed by atoms with E-state index < -0.39 is 15.7 Å². The van der Waals surface area contributed by atoms with E-state index in [1.54, 1.807) is 24.3 Å². The van der Waals surface area contributed by atoms with E-state index in [2.05, 4.69) is 20.1 Å². The third-order valence-corrected chi connectivity index (χ3v) is 9.03. The number of likely N-dealkylation sites (tertiary alicyclic amines) is 1. The Balaban J connectivity index is 1.28. The highest BCUT2D eigenvalue weighted by Crippen LogP contribution is 2.38. The molecule has 2 aliphatic heterocycles. The summed E-state index contributed by atoms with van der Waals surface area (Å²) in [6, 6.07) is 8.47. The lowest BCUT2D eigenvalue weighted by Gasteiger charge is -2.35. The van der Waals surface area contributed by atoms with Gasteiger partial charge in [-0.3, -0.25) is 9.59 Å². The highest BCUT2D eigenvalue weighted by Gasteiger charge is 2.40. The third-order valence-electron chi connectivity index (χ3n) is 7.71. The van der Waals surface area contributed by atoms with E-state index >= 15 is 0 Å². The van der Waals surface area contributed by atoms with Crippen LogP contribution in [0.25, 0.3) is 0 Å². The Hall–Kier alpha value is -2.65. The number of sulfone groups is 1. The van der Waals surface area contributed by atoms with Crippen molar-refractivity contribution in [2.24, 2.45) is 11.8 Å². The predicted molar refractivity (Wildman–Crippen MR) is 139 cm³/mol. The van der Waals surface area contributed by atoms with E-state index in [9.17, 15) is 18.0 Å². The summed E-state index contributed by atoms with van der Waals surface area (Å²) < 4.78 is 24.3. The molecule has 3 heterocycles. The number of nitrogens with zero attached hydrogens (tertiary/aromatic N) is 3. The van der Waals surface area contributed by atoms with Crippen molar-refractivity contribution in [3.05, 3.63) is 47.1 Å². The first-order chi connectivity index (χ1) is 17.2. The maximum absolute atomic E-state index is 12.9. The second-order valence-electron chi connectivity index (χ2n) is 10.3. The molecular formula is C26H31ClN4O4S. The smallest absolute Gasteiger partial charge is 0.255 e. The minimum Gasteiger partial charge on any atom is -0.355 e. The predicted octanol–water partition coefficient (Wildman–Crippen LogP) is 4.01. The average Bonchev–Trinajstić information content (AvgIpc) is 3.48. The number of carbonyl (C=O) groups is 2. The topological polar surface area (TPSA) is 99.7 Å². The van der Waals surface area contributed by atoms with Crippen LogP contribution < -0.4 is 10.2 Å². The fourth-order valence-electron chi connectivity index (χ4n) is 5.75. The maximum Gasteiger partial charge on any atom is 0.255 e. The molecule has 1 aliphatic carbocycles. The molecule has 3 fully saturated rings. The summed E-state index contributed by atoms with van der Waals surface area (Å²) in [5.74, 6) is 1.42. The number of halogens is 1. The third kappa shape index (κ3) is 5.37. The van der Waals surface area contributed by atoms with Crippen LogP contribution in [-0.4, -0.2) is 62.0 Å². The van der Waals surface area contributed by atoms with Gasteiger partial charge in [-0.1, -0.05) is 17.7 Å².